The Balaban J connectivity index is 2.75. The summed E-state index contributed by atoms with van der Waals surface area (Å²) >= 11 is 0. The quantitative estimate of drug-likeness (QED) is 0.725. The maximum atomic E-state index is 9.70. The molecule has 5 nitrogen and oxygen atoms in total. The van der Waals surface area contributed by atoms with Gasteiger partial charge in [-0.05, 0) is 12.5 Å². The van der Waals surface area contributed by atoms with Gasteiger partial charge in [0.2, 0.25) is 5.75 Å². The summed E-state index contributed by atoms with van der Waals surface area (Å²) in [5, 5.41) is 12.9. The highest BCUT2D eigenvalue weighted by molar-refractivity contribution is 5.55. The Kier molecular flexibility index (Phi) is 7.18. The number of ether oxygens (including phenoxy) is 3. The van der Waals surface area contributed by atoms with Gasteiger partial charge in [0.15, 0.2) is 11.5 Å². The fraction of sp³-hybridized carbons (Fsp3) is 0.600. The largest absolute Gasteiger partial charge is 0.493 e. The van der Waals surface area contributed by atoms with Crippen LogP contribution in [0, 0.1) is 0 Å². The number of aliphatic hydroxyl groups is 1. The molecule has 1 unspecified atom stereocenters. The first-order valence-corrected chi connectivity index (χ1v) is 6.84. The SMILES string of the molecule is CCCC(O)CNCc1ccc(OC)c(OC)c1OC. The van der Waals surface area contributed by atoms with Crippen molar-refractivity contribution in [2.24, 2.45) is 0 Å². The first-order valence-electron chi connectivity index (χ1n) is 6.84. The molecule has 0 aliphatic rings. The van der Waals surface area contributed by atoms with Gasteiger partial charge in [-0.2, -0.15) is 0 Å². The van der Waals surface area contributed by atoms with E-state index in [4.69, 9.17) is 14.2 Å². The Morgan fingerprint density at radius 3 is 2.35 bits per heavy atom. The number of rotatable bonds is 9. The maximum Gasteiger partial charge on any atom is 0.203 e. The van der Waals surface area contributed by atoms with Crippen LogP contribution < -0.4 is 19.5 Å². The third-order valence-corrected chi connectivity index (χ3v) is 3.10. The molecule has 2 N–H and O–H groups in total. The van der Waals surface area contributed by atoms with E-state index in [2.05, 4.69) is 12.2 Å². The molecular formula is C15H25NO4. The average molecular weight is 283 g/mol. The van der Waals surface area contributed by atoms with Crippen molar-refractivity contribution in [1.82, 2.24) is 5.32 Å². The van der Waals surface area contributed by atoms with Gasteiger partial charge in [-0.1, -0.05) is 19.4 Å². The highest BCUT2D eigenvalue weighted by atomic mass is 16.5. The Morgan fingerprint density at radius 1 is 1.10 bits per heavy atom. The van der Waals surface area contributed by atoms with Crippen LogP contribution in [0.1, 0.15) is 25.3 Å². The fourth-order valence-electron chi connectivity index (χ4n) is 2.11. The Labute approximate surface area is 120 Å². The number of aliphatic hydroxyl groups excluding tert-OH is 1. The van der Waals surface area contributed by atoms with Crippen LogP contribution in [0.25, 0.3) is 0 Å². The zero-order chi connectivity index (χ0) is 15.0. The molecule has 1 rings (SSSR count). The second kappa shape index (κ2) is 8.66. The molecule has 0 spiro atoms. The molecule has 0 bridgehead atoms. The monoisotopic (exact) mass is 283 g/mol. The van der Waals surface area contributed by atoms with Crippen LogP contribution in [0.3, 0.4) is 0 Å². The number of methoxy groups -OCH3 is 3. The lowest BCUT2D eigenvalue weighted by molar-refractivity contribution is 0.160. The summed E-state index contributed by atoms with van der Waals surface area (Å²) < 4.78 is 16.0. The molecule has 1 aromatic carbocycles. The lowest BCUT2D eigenvalue weighted by Crippen LogP contribution is -2.26. The van der Waals surface area contributed by atoms with Crippen molar-refractivity contribution in [2.45, 2.75) is 32.4 Å². The summed E-state index contributed by atoms with van der Waals surface area (Å²) in [4.78, 5) is 0. The molecule has 1 atom stereocenters. The molecule has 0 radical (unpaired) electrons. The molecule has 0 amide bonds. The van der Waals surface area contributed by atoms with E-state index in [1.165, 1.54) is 0 Å². The first kappa shape index (κ1) is 16.6. The van der Waals surface area contributed by atoms with Gasteiger partial charge in [-0.25, -0.2) is 0 Å². The van der Waals surface area contributed by atoms with Crippen LogP contribution in [0.4, 0.5) is 0 Å². The molecule has 0 fully saturated rings. The van der Waals surface area contributed by atoms with Crippen LogP contribution in [0.5, 0.6) is 17.2 Å². The first-order chi connectivity index (χ1) is 9.67. The lowest BCUT2D eigenvalue weighted by atomic mass is 10.1. The predicted octanol–water partition coefficient (Wildman–Crippen LogP) is 1.96. The predicted molar refractivity (Wildman–Crippen MR) is 78.7 cm³/mol. The van der Waals surface area contributed by atoms with Crippen LogP contribution in [0.15, 0.2) is 12.1 Å². The summed E-state index contributed by atoms with van der Waals surface area (Å²) in [6.45, 7) is 3.22. The molecule has 1 aromatic rings. The Bertz CT molecular complexity index is 409. The second-order valence-electron chi connectivity index (χ2n) is 4.57. The molecule has 0 aliphatic carbocycles. The van der Waals surface area contributed by atoms with E-state index >= 15 is 0 Å². The molecule has 20 heavy (non-hydrogen) atoms. The number of nitrogens with one attached hydrogen (secondary N) is 1. The van der Waals surface area contributed by atoms with E-state index < -0.39 is 0 Å². The highest BCUT2D eigenvalue weighted by Gasteiger charge is 2.15. The van der Waals surface area contributed by atoms with Gasteiger partial charge in [0, 0.05) is 18.7 Å². The van der Waals surface area contributed by atoms with E-state index in [1.54, 1.807) is 21.3 Å². The van der Waals surface area contributed by atoms with Crippen molar-refractivity contribution in [2.75, 3.05) is 27.9 Å². The molecule has 0 heterocycles. The molecule has 0 saturated carbocycles. The Morgan fingerprint density at radius 2 is 1.80 bits per heavy atom. The van der Waals surface area contributed by atoms with E-state index in [0.29, 0.717) is 30.3 Å². The normalized spacial score (nSPS) is 12.1. The minimum atomic E-state index is -0.314. The zero-order valence-corrected chi connectivity index (χ0v) is 12.7. The topological polar surface area (TPSA) is 60.0 Å². The zero-order valence-electron chi connectivity index (χ0n) is 12.7. The van der Waals surface area contributed by atoms with Crippen LogP contribution in [-0.2, 0) is 6.54 Å². The molecule has 0 aromatic heterocycles. The second-order valence-corrected chi connectivity index (χ2v) is 4.57. The van der Waals surface area contributed by atoms with Gasteiger partial charge < -0.3 is 24.6 Å². The maximum absolute atomic E-state index is 9.70. The summed E-state index contributed by atoms with van der Waals surface area (Å²) in [5.74, 6) is 1.88. The molecule has 114 valence electrons. The summed E-state index contributed by atoms with van der Waals surface area (Å²) in [6.07, 6.45) is 1.46. The van der Waals surface area contributed by atoms with Crippen molar-refractivity contribution in [1.29, 1.82) is 0 Å². The standard InChI is InChI=1S/C15H25NO4/c1-5-6-12(17)10-16-9-11-7-8-13(18-2)15(20-4)14(11)19-3/h7-8,12,16-17H,5-6,9-10H2,1-4H3. The van der Waals surface area contributed by atoms with Gasteiger partial charge in [-0.15, -0.1) is 0 Å². The van der Waals surface area contributed by atoms with Crippen molar-refractivity contribution >= 4 is 0 Å². The van der Waals surface area contributed by atoms with Crippen LogP contribution in [-0.4, -0.2) is 39.1 Å². The van der Waals surface area contributed by atoms with E-state index in [0.717, 1.165) is 18.4 Å². The number of hydrogen-bond donors (Lipinski definition) is 2. The summed E-state index contributed by atoms with van der Waals surface area (Å²) in [5.41, 5.74) is 0.967. The number of hydrogen-bond acceptors (Lipinski definition) is 5. The third kappa shape index (κ3) is 4.28. The smallest absolute Gasteiger partial charge is 0.203 e. The van der Waals surface area contributed by atoms with E-state index in [-0.39, 0.29) is 6.10 Å². The van der Waals surface area contributed by atoms with E-state index in [1.807, 2.05) is 12.1 Å². The Hall–Kier alpha value is -1.46. The van der Waals surface area contributed by atoms with Crippen molar-refractivity contribution in [3.05, 3.63) is 17.7 Å². The number of benzene rings is 1. The van der Waals surface area contributed by atoms with Gasteiger partial charge in [0.25, 0.3) is 0 Å². The van der Waals surface area contributed by atoms with Gasteiger partial charge in [0.1, 0.15) is 0 Å². The lowest BCUT2D eigenvalue weighted by Gasteiger charge is -2.17. The van der Waals surface area contributed by atoms with Crippen molar-refractivity contribution in [3.8, 4) is 17.2 Å². The average Bonchev–Trinajstić information content (AvgIpc) is 2.46. The summed E-state index contributed by atoms with van der Waals surface area (Å²) in [7, 11) is 4.78. The minimum absolute atomic E-state index is 0.314. The molecule has 0 aliphatic heterocycles. The van der Waals surface area contributed by atoms with Crippen molar-refractivity contribution < 1.29 is 19.3 Å². The summed E-state index contributed by atoms with van der Waals surface area (Å²) in [6, 6.07) is 3.78. The molecule has 5 heteroatoms. The van der Waals surface area contributed by atoms with Gasteiger partial charge in [-0.3, -0.25) is 0 Å². The van der Waals surface area contributed by atoms with Gasteiger partial charge >= 0.3 is 0 Å². The minimum Gasteiger partial charge on any atom is -0.493 e. The highest BCUT2D eigenvalue weighted by Crippen LogP contribution is 2.39. The molecule has 0 saturated heterocycles. The van der Waals surface area contributed by atoms with Crippen LogP contribution in [0.2, 0.25) is 0 Å². The fourth-order valence-corrected chi connectivity index (χ4v) is 2.11. The molecular weight excluding hydrogens is 258 g/mol. The van der Waals surface area contributed by atoms with E-state index in [9.17, 15) is 5.11 Å². The van der Waals surface area contributed by atoms with Crippen molar-refractivity contribution in [3.63, 3.8) is 0 Å². The van der Waals surface area contributed by atoms with Crippen LogP contribution >= 0.6 is 0 Å². The van der Waals surface area contributed by atoms with Gasteiger partial charge in [0.05, 0.1) is 27.4 Å². The third-order valence-electron chi connectivity index (χ3n) is 3.10.